The van der Waals surface area contributed by atoms with Crippen molar-refractivity contribution in [2.24, 2.45) is 0 Å². The van der Waals surface area contributed by atoms with Gasteiger partial charge in [-0.1, -0.05) is 55.7 Å². The monoisotopic (exact) mass is 498 g/mol. The van der Waals surface area contributed by atoms with Gasteiger partial charge in [0, 0.05) is 35.4 Å². The average molecular weight is 499 g/mol. The molecule has 2 heterocycles. The van der Waals surface area contributed by atoms with Crippen molar-refractivity contribution in [3.63, 3.8) is 0 Å². The molecule has 6 nitrogen and oxygen atoms in total. The third kappa shape index (κ3) is 6.25. The molecule has 0 radical (unpaired) electrons. The Kier molecular flexibility index (Phi) is 9.07. The molecule has 4 rings (SSSR count). The lowest BCUT2D eigenvalue weighted by Crippen LogP contribution is -2.46. The largest absolute Gasteiger partial charge is 0.308 e. The number of pyridine rings is 1. The summed E-state index contributed by atoms with van der Waals surface area (Å²) in [4.78, 5) is 35.7. The fraction of sp³-hybridized carbons (Fsp3) is 0.387. The highest BCUT2D eigenvalue weighted by Crippen LogP contribution is 2.44. The van der Waals surface area contributed by atoms with Gasteiger partial charge in [-0.3, -0.25) is 19.5 Å². The first kappa shape index (κ1) is 26.6. The van der Waals surface area contributed by atoms with E-state index in [2.05, 4.69) is 16.9 Å². The van der Waals surface area contributed by atoms with E-state index in [-0.39, 0.29) is 24.4 Å². The second-order valence-electron chi connectivity index (χ2n) is 9.92. The van der Waals surface area contributed by atoms with Gasteiger partial charge in [-0.2, -0.15) is 0 Å². The molecular weight excluding hydrogens is 460 g/mol. The number of hydrogen-bond acceptors (Lipinski definition) is 4. The van der Waals surface area contributed by atoms with E-state index in [4.69, 9.17) is 0 Å². The van der Waals surface area contributed by atoms with Gasteiger partial charge in [0.2, 0.25) is 5.91 Å². The molecule has 6 heteroatoms. The summed E-state index contributed by atoms with van der Waals surface area (Å²) in [5, 5.41) is 3.29. The van der Waals surface area contributed by atoms with E-state index in [0.717, 1.165) is 54.5 Å². The summed E-state index contributed by atoms with van der Waals surface area (Å²) in [6, 6.07) is 11.4. The molecule has 1 atom stereocenters. The van der Waals surface area contributed by atoms with Gasteiger partial charge < -0.3 is 10.2 Å². The number of benzene rings is 1. The van der Waals surface area contributed by atoms with Crippen LogP contribution in [0.3, 0.4) is 0 Å². The predicted octanol–water partition coefficient (Wildman–Crippen LogP) is 5.50. The number of amides is 2. The van der Waals surface area contributed by atoms with E-state index < -0.39 is 6.04 Å². The Labute approximate surface area is 220 Å². The minimum absolute atomic E-state index is 0.0182. The molecule has 1 aliphatic carbocycles. The van der Waals surface area contributed by atoms with Crippen molar-refractivity contribution < 1.29 is 9.59 Å². The van der Waals surface area contributed by atoms with Crippen molar-refractivity contribution in [2.75, 3.05) is 18.0 Å². The number of fused-ring (bicyclic) bond motifs is 1. The molecule has 194 valence electrons. The van der Waals surface area contributed by atoms with Crippen LogP contribution in [-0.2, 0) is 16.0 Å². The SMILES string of the molecule is C=C(C)/C=C(\C=C/C)N(C(=O)CNCCc1ccncc1)C1C(=O)N(C2CCCCC2)c2ccccc21. The van der Waals surface area contributed by atoms with Crippen LogP contribution in [0.2, 0.25) is 0 Å². The molecule has 1 aromatic heterocycles. The summed E-state index contributed by atoms with van der Waals surface area (Å²) >= 11 is 0. The van der Waals surface area contributed by atoms with Gasteiger partial charge in [0.05, 0.1) is 6.54 Å². The second-order valence-corrected chi connectivity index (χ2v) is 9.92. The summed E-state index contributed by atoms with van der Waals surface area (Å²) in [6.07, 6.45) is 15.5. The summed E-state index contributed by atoms with van der Waals surface area (Å²) in [6.45, 7) is 8.64. The summed E-state index contributed by atoms with van der Waals surface area (Å²) in [5.41, 5.74) is 4.48. The van der Waals surface area contributed by atoms with Gasteiger partial charge >= 0.3 is 0 Å². The number of nitrogens with one attached hydrogen (secondary N) is 1. The number of nitrogens with zero attached hydrogens (tertiary/aromatic N) is 3. The van der Waals surface area contributed by atoms with Crippen LogP contribution < -0.4 is 10.2 Å². The van der Waals surface area contributed by atoms with Gasteiger partial charge in [-0.05, 0) is 75.6 Å². The lowest BCUT2D eigenvalue weighted by atomic mass is 9.94. The number of para-hydroxylation sites is 1. The van der Waals surface area contributed by atoms with E-state index in [1.807, 2.05) is 73.4 Å². The van der Waals surface area contributed by atoms with Crippen molar-refractivity contribution in [2.45, 2.75) is 64.5 Å². The Morgan fingerprint density at radius 3 is 2.59 bits per heavy atom. The molecule has 0 spiro atoms. The van der Waals surface area contributed by atoms with Crippen molar-refractivity contribution in [1.82, 2.24) is 15.2 Å². The molecule has 1 aliphatic heterocycles. The molecule has 1 unspecified atom stereocenters. The average Bonchev–Trinajstić information content (AvgIpc) is 3.19. The normalized spacial score (nSPS) is 18.3. The minimum Gasteiger partial charge on any atom is -0.308 e. The smallest absolute Gasteiger partial charge is 0.255 e. The number of carbonyl (C=O) groups is 2. The molecule has 37 heavy (non-hydrogen) atoms. The quantitative estimate of drug-likeness (QED) is 0.347. The van der Waals surface area contributed by atoms with Crippen LogP contribution in [0.15, 0.2) is 84.9 Å². The van der Waals surface area contributed by atoms with E-state index in [0.29, 0.717) is 12.2 Å². The van der Waals surface area contributed by atoms with Crippen LogP contribution in [0.25, 0.3) is 0 Å². The van der Waals surface area contributed by atoms with Crippen molar-refractivity contribution in [3.05, 3.63) is 96.0 Å². The highest BCUT2D eigenvalue weighted by atomic mass is 16.2. The molecule has 1 aromatic carbocycles. The van der Waals surface area contributed by atoms with Crippen molar-refractivity contribution >= 4 is 17.5 Å². The lowest BCUT2D eigenvalue weighted by Gasteiger charge is -2.34. The van der Waals surface area contributed by atoms with Crippen LogP contribution in [-0.4, -0.2) is 40.8 Å². The third-order valence-electron chi connectivity index (χ3n) is 7.05. The number of allylic oxidation sites excluding steroid dienone is 4. The van der Waals surface area contributed by atoms with Gasteiger partial charge in [0.1, 0.15) is 6.04 Å². The Morgan fingerprint density at radius 1 is 1.16 bits per heavy atom. The van der Waals surface area contributed by atoms with Gasteiger partial charge in [-0.25, -0.2) is 0 Å². The van der Waals surface area contributed by atoms with Crippen molar-refractivity contribution in [1.29, 1.82) is 0 Å². The fourth-order valence-electron chi connectivity index (χ4n) is 5.41. The molecular formula is C31H38N4O2. The molecule has 2 amide bonds. The molecule has 0 bridgehead atoms. The Hall–Kier alpha value is -3.51. The highest BCUT2D eigenvalue weighted by Gasteiger charge is 2.45. The maximum Gasteiger partial charge on any atom is 0.255 e. The fourth-order valence-corrected chi connectivity index (χ4v) is 5.41. The zero-order chi connectivity index (χ0) is 26.2. The summed E-state index contributed by atoms with van der Waals surface area (Å²) < 4.78 is 0. The highest BCUT2D eigenvalue weighted by molar-refractivity contribution is 6.07. The van der Waals surface area contributed by atoms with E-state index in [9.17, 15) is 9.59 Å². The third-order valence-corrected chi connectivity index (χ3v) is 7.05. The van der Waals surface area contributed by atoms with Crippen LogP contribution in [0.4, 0.5) is 5.69 Å². The molecule has 1 saturated carbocycles. The second kappa shape index (κ2) is 12.6. The van der Waals surface area contributed by atoms with Crippen LogP contribution >= 0.6 is 0 Å². The Bertz CT molecular complexity index is 1160. The molecule has 1 fully saturated rings. The number of aromatic nitrogens is 1. The van der Waals surface area contributed by atoms with E-state index in [1.165, 1.54) is 6.42 Å². The first-order valence-electron chi connectivity index (χ1n) is 13.3. The standard InChI is InChI=1S/C31H38N4O2/c1-4-10-26(21-23(2)3)35(29(36)22-33-20-17-24-15-18-32-19-16-24)30-27-13-8-9-14-28(27)34(31(30)37)25-11-6-5-7-12-25/h4,8-10,13-16,18-19,21,25,30,33H,2,5-7,11-12,17,20,22H2,1,3H3/b10-4-,26-21+. The van der Waals surface area contributed by atoms with E-state index >= 15 is 0 Å². The zero-order valence-electron chi connectivity index (χ0n) is 22.0. The summed E-state index contributed by atoms with van der Waals surface area (Å²) in [5.74, 6) is -0.158. The first-order chi connectivity index (χ1) is 18.0. The minimum atomic E-state index is -0.700. The summed E-state index contributed by atoms with van der Waals surface area (Å²) in [7, 11) is 0. The topological polar surface area (TPSA) is 65.5 Å². The van der Waals surface area contributed by atoms with Crippen LogP contribution in [0.1, 0.15) is 63.1 Å². The van der Waals surface area contributed by atoms with Gasteiger partial charge in [0.15, 0.2) is 0 Å². The van der Waals surface area contributed by atoms with Crippen molar-refractivity contribution in [3.8, 4) is 0 Å². The maximum atomic E-state index is 14.1. The Morgan fingerprint density at radius 2 is 1.89 bits per heavy atom. The molecule has 0 saturated heterocycles. The van der Waals surface area contributed by atoms with E-state index in [1.54, 1.807) is 17.3 Å². The molecule has 1 N–H and O–H groups in total. The number of anilines is 1. The zero-order valence-corrected chi connectivity index (χ0v) is 22.0. The van der Waals surface area contributed by atoms with Crippen LogP contribution in [0.5, 0.6) is 0 Å². The molecule has 2 aliphatic rings. The lowest BCUT2D eigenvalue weighted by molar-refractivity contribution is -0.136. The van der Waals surface area contributed by atoms with Crippen LogP contribution in [0, 0.1) is 0 Å². The predicted molar refractivity (Wildman–Crippen MR) is 149 cm³/mol. The maximum absolute atomic E-state index is 14.1. The van der Waals surface area contributed by atoms with Gasteiger partial charge in [0.25, 0.3) is 5.91 Å². The number of hydrogen-bond donors (Lipinski definition) is 1. The number of rotatable bonds is 10. The Balaban J connectivity index is 1.63. The number of carbonyl (C=O) groups excluding carboxylic acids is 2. The van der Waals surface area contributed by atoms with Gasteiger partial charge in [-0.15, -0.1) is 0 Å². The molecule has 2 aromatic rings. The first-order valence-corrected chi connectivity index (χ1v) is 13.3.